The van der Waals surface area contributed by atoms with Crippen molar-refractivity contribution in [3.05, 3.63) is 0 Å². The number of aliphatic carboxylic acids is 1. The lowest BCUT2D eigenvalue weighted by Gasteiger charge is -2.32. The lowest BCUT2D eigenvalue weighted by atomic mass is 10.3. The van der Waals surface area contributed by atoms with Crippen LogP contribution in [0.3, 0.4) is 0 Å². The summed E-state index contributed by atoms with van der Waals surface area (Å²) in [4.78, 5) is 34.9. The first kappa shape index (κ1) is 14.6. The van der Waals surface area contributed by atoms with Crippen molar-refractivity contribution in [2.45, 2.75) is 12.5 Å². The molecule has 0 spiro atoms. The normalized spacial score (nSPS) is 19.2. The van der Waals surface area contributed by atoms with E-state index in [0.29, 0.717) is 18.1 Å². The van der Waals surface area contributed by atoms with E-state index < -0.39 is 24.0 Å². The molecule has 2 amide bonds. The molecule has 2 N–H and O–H groups in total. The summed E-state index contributed by atoms with van der Waals surface area (Å²) in [6.45, 7) is 0.535. The van der Waals surface area contributed by atoms with Crippen molar-refractivity contribution >= 4 is 29.7 Å². The Morgan fingerprint density at radius 1 is 1.50 bits per heavy atom. The quantitative estimate of drug-likeness (QED) is 0.688. The lowest BCUT2D eigenvalue weighted by Crippen LogP contribution is -2.54. The Labute approximate surface area is 109 Å². The molecule has 1 atom stereocenters. The van der Waals surface area contributed by atoms with Gasteiger partial charge in [0.1, 0.15) is 6.04 Å². The van der Waals surface area contributed by atoms with Gasteiger partial charge in [-0.05, 0) is 0 Å². The Bertz CT molecular complexity index is 336. The van der Waals surface area contributed by atoms with Gasteiger partial charge in [0.05, 0.1) is 13.5 Å². The number of thioether (sulfide) groups is 1. The molecule has 1 heterocycles. The molecule has 0 radical (unpaired) electrons. The highest BCUT2D eigenvalue weighted by Crippen LogP contribution is 2.16. The van der Waals surface area contributed by atoms with Crippen LogP contribution in [0.1, 0.15) is 6.42 Å². The SMILES string of the molecule is COC(=O)CCNC(=O)N1CCSCC1C(=O)O. The van der Waals surface area contributed by atoms with E-state index in [9.17, 15) is 14.4 Å². The van der Waals surface area contributed by atoms with Crippen molar-refractivity contribution in [3.63, 3.8) is 0 Å². The third-order valence-corrected chi connectivity index (χ3v) is 3.53. The van der Waals surface area contributed by atoms with Gasteiger partial charge >= 0.3 is 18.0 Å². The average Bonchev–Trinajstić information content (AvgIpc) is 2.38. The standard InChI is InChI=1S/C10H16N2O5S/c1-17-8(13)2-3-11-10(16)12-4-5-18-6-7(12)9(14)15/h7H,2-6H2,1H3,(H,11,16)(H,14,15). The zero-order chi connectivity index (χ0) is 13.5. The fourth-order valence-corrected chi connectivity index (χ4v) is 2.56. The molecule has 0 saturated carbocycles. The first-order valence-electron chi connectivity index (χ1n) is 5.48. The summed E-state index contributed by atoms with van der Waals surface area (Å²) in [5.74, 6) is -0.321. The number of hydrogen-bond donors (Lipinski definition) is 2. The molecule has 1 aliphatic heterocycles. The number of carboxylic acids is 1. The van der Waals surface area contributed by atoms with Crippen LogP contribution in [-0.4, -0.2) is 65.7 Å². The van der Waals surface area contributed by atoms with Crippen molar-refractivity contribution in [1.82, 2.24) is 10.2 Å². The molecule has 0 aromatic rings. The Kier molecular flexibility index (Phi) is 5.76. The Balaban J connectivity index is 2.43. The molecule has 0 bridgehead atoms. The predicted octanol–water partition coefficient (Wildman–Crippen LogP) is -0.239. The Hall–Kier alpha value is -1.44. The maximum Gasteiger partial charge on any atom is 0.327 e. The second-order valence-electron chi connectivity index (χ2n) is 3.68. The number of rotatable bonds is 4. The largest absolute Gasteiger partial charge is 0.480 e. The second-order valence-corrected chi connectivity index (χ2v) is 4.83. The van der Waals surface area contributed by atoms with Crippen LogP contribution in [0.25, 0.3) is 0 Å². The van der Waals surface area contributed by atoms with E-state index in [0.717, 1.165) is 0 Å². The first-order valence-corrected chi connectivity index (χ1v) is 6.63. The number of methoxy groups -OCH3 is 1. The lowest BCUT2D eigenvalue weighted by molar-refractivity contribution is -0.142. The third-order valence-electron chi connectivity index (χ3n) is 2.51. The van der Waals surface area contributed by atoms with E-state index in [-0.39, 0.29) is 13.0 Å². The number of hydrogen-bond acceptors (Lipinski definition) is 5. The topological polar surface area (TPSA) is 95.9 Å². The maximum absolute atomic E-state index is 11.8. The van der Waals surface area contributed by atoms with Crippen LogP contribution in [0.5, 0.6) is 0 Å². The van der Waals surface area contributed by atoms with Crippen molar-refractivity contribution in [3.8, 4) is 0 Å². The summed E-state index contributed by atoms with van der Waals surface area (Å²) >= 11 is 1.51. The van der Waals surface area contributed by atoms with E-state index in [2.05, 4.69) is 10.1 Å². The number of ether oxygens (including phenoxy) is 1. The number of nitrogens with one attached hydrogen (secondary N) is 1. The highest BCUT2D eigenvalue weighted by molar-refractivity contribution is 7.99. The predicted molar refractivity (Wildman–Crippen MR) is 65.5 cm³/mol. The molecule has 0 aromatic heterocycles. The Morgan fingerprint density at radius 2 is 2.22 bits per heavy atom. The molecule has 8 heteroatoms. The molecule has 1 saturated heterocycles. The fourth-order valence-electron chi connectivity index (χ4n) is 1.53. The van der Waals surface area contributed by atoms with Gasteiger partial charge < -0.3 is 20.1 Å². The number of esters is 1. The van der Waals surface area contributed by atoms with E-state index in [1.807, 2.05) is 0 Å². The maximum atomic E-state index is 11.8. The van der Waals surface area contributed by atoms with Gasteiger partial charge in [-0.25, -0.2) is 9.59 Å². The highest BCUT2D eigenvalue weighted by atomic mass is 32.2. The van der Waals surface area contributed by atoms with Gasteiger partial charge in [0.25, 0.3) is 0 Å². The van der Waals surface area contributed by atoms with E-state index in [4.69, 9.17) is 5.11 Å². The van der Waals surface area contributed by atoms with Gasteiger partial charge in [0.15, 0.2) is 0 Å². The van der Waals surface area contributed by atoms with Crippen molar-refractivity contribution in [2.24, 2.45) is 0 Å². The van der Waals surface area contributed by atoms with Gasteiger partial charge in [-0.15, -0.1) is 0 Å². The molecule has 7 nitrogen and oxygen atoms in total. The fraction of sp³-hybridized carbons (Fsp3) is 0.700. The minimum absolute atomic E-state index is 0.0720. The van der Waals surface area contributed by atoms with Crippen LogP contribution in [0.4, 0.5) is 4.79 Å². The second kappa shape index (κ2) is 7.10. The first-order chi connectivity index (χ1) is 8.56. The molecule has 1 aliphatic rings. The van der Waals surface area contributed by atoms with Crippen LogP contribution < -0.4 is 5.32 Å². The molecule has 1 unspecified atom stereocenters. The summed E-state index contributed by atoms with van der Waals surface area (Å²) < 4.78 is 4.44. The Morgan fingerprint density at radius 3 is 2.83 bits per heavy atom. The van der Waals surface area contributed by atoms with E-state index in [1.165, 1.54) is 23.8 Å². The summed E-state index contributed by atoms with van der Waals surface area (Å²) in [5.41, 5.74) is 0. The van der Waals surface area contributed by atoms with Crippen LogP contribution in [0, 0.1) is 0 Å². The van der Waals surface area contributed by atoms with Crippen molar-refractivity contribution < 1.29 is 24.2 Å². The highest BCUT2D eigenvalue weighted by Gasteiger charge is 2.32. The number of urea groups is 1. The van der Waals surface area contributed by atoms with Gasteiger partial charge in [-0.1, -0.05) is 0 Å². The van der Waals surface area contributed by atoms with E-state index >= 15 is 0 Å². The minimum atomic E-state index is -1.01. The number of carboxylic acid groups (broad SMARTS) is 1. The smallest absolute Gasteiger partial charge is 0.327 e. The average molecular weight is 276 g/mol. The number of nitrogens with zero attached hydrogens (tertiary/aromatic N) is 1. The number of amides is 2. The molecule has 102 valence electrons. The van der Waals surface area contributed by atoms with Crippen molar-refractivity contribution in [2.75, 3.05) is 31.7 Å². The number of carbonyl (C=O) groups excluding carboxylic acids is 2. The van der Waals surface area contributed by atoms with Crippen LogP contribution in [0.2, 0.25) is 0 Å². The van der Waals surface area contributed by atoms with Crippen LogP contribution >= 0.6 is 11.8 Å². The monoisotopic (exact) mass is 276 g/mol. The van der Waals surface area contributed by atoms with E-state index in [1.54, 1.807) is 0 Å². The molecule has 0 aromatic carbocycles. The summed E-state index contributed by atoms with van der Waals surface area (Å²) in [6.07, 6.45) is 0.0720. The molecular formula is C10H16N2O5S. The van der Waals surface area contributed by atoms with Gasteiger partial charge in [-0.3, -0.25) is 4.79 Å². The summed E-state index contributed by atoms with van der Waals surface area (Å²) in [5, 5.41) is 11.5. The minimum Gasteiger partial charge on any atom is -0.480 e. The van der Waals surface area contributed by atoms with Gasteiger partial charge in [0, 0.05) is 24.6 Å². The molecule has 0 aliphatic carbocycles. The number of carbonyl (C=O) groups is 3. The van der Waals surface area contributed by atoms with Crippen molar-refractivity contribution in [1.29, 1.82) is 0 Å². The summed E-state index contributed by atoms with van der Waals surface area (Å²) in [7, 11) is 1.27. The molecule has 18 heavy (non-hydrogen) atoms. The summed E-state index contributed by atoms with van der Waals surface area (Å²) in [6, 6.07) is -1.26. The molecular weight excluding hydrogens is 260 g/mol. The van der Waals surface area contributed by atoms with Crippen LogP contribution in [0.15, 0.2) is 0 Å². The van der Waals surface area contributed by atoms with Crippen LogP contribution in [-0.2, 0) is 14.3 Å². The van der Waals surface area contributed by atoms with Gasteiger partial charge in [-0.2, -0.15) is 11.8 Å². The van der Waals surface area contributed by atoms with Gasteiger partial charge in [0.2, 0.25) is 0 Å². The molecule has 1 rings (SSSR count). The zero-order valence-corrected chi connectivity index (χ0v) is 10.9. The third kappa shape index (κ3) is 4.10. The molecule has 1 fully saturated rings. The zero-order valence-electron chi connectivity index (χ0n) is 10.0.